The second-order valence-corrected chi connectivity index (χ2v) is 11.3. The standard InChI is InChI=1S/C22H31N3O4S/c1-2-25-12-22(13-25)10-17(29-14-22)11-30(27,28)24-21(26)23-20-18-7-3-5-15(18)9-16-6-4-8-19(16)20/h9,17H,2-8,10-14H2,1H3,(H2,23,24,26). The van der Waals surface area contributed by atoms with E-state index in [-0.39, 0.29) is 17.3 Å². The third-order valence-corrected chi connectivity index (χ3v) is 8.52. The van der Waals surface area contributed by atoms with E-state index < -0.39 is 16.1 Å². The first kappa shape index (κ1) is 20.3. The Hall–Kier alpha value is -1.64. The maximum atomic E-state index is 12.6. The van der Waals surface area contributed by atoms with Crippen LogP contribution in [0, 0.1) is 5.41 Å². The molecule has 0 aromatic heterocycles. The lowest BCUT2D eigenvalue weighted by Crippen LogP contribution is -2.56. The van der Waals surface area contributed by atoms with E-state index in [1.54, 1.807) is 0 Å². The molecule has 5 rings (SSSR count). The molecule has 2 heterocycles. The van der Waals surface area contributed by atoms with E-state index >= 15 is 0 Å². The number of fused-ring (bicyclic) bond motifs is 2. The molecule has 1 atom stereocenters. The fourth-order valence-corrected chi connectivity index (χ4v) is 7.00. The number of likely N-dealkylation sites (tertiary alicyclic amines) is 1. The van der Waals surface area contributed by atoms with Gasteiger partial charge in [-0.1, -0.05) is 13.0 Å². The summed E-state index contributed by atoms with van der Waals surface area (Å²) in [5.41, 5.74) is 5.95. The number of carbonyl (C=O) groups excluding carboxylic acids is 1. The van der Waals surface area contributed by atoms with Crippen molar-refractivity contribution in [2.45, 2.75) is 58.0 Å². The van der Waals surface area contributed by atoms with Crippen LogP contribution in [0.3, 0.4) is 0 Å². The van der Waals surface area contributed by atoms with Gasteiger partial charge in [0.05, 0.1) is 18.5 Å². The second-order valence-electron chi connectivity index (χ2n) is 9.51. The number of nitrogens with one attached hydrogen (secondary N) is 2. The van der Waals surface area contributed by atoms with E-state index in [0.717, 1.165) is 70.3 Å². The van der Waals surface area contributed by atoms with Crippen molar-refractivity contribution in [1.29, 1.82) is 0 Å². The molecule has 7 nitrogen and oxygen atoms in total. The molecule has 1 spiro atoms. The molecule has 0 radical (unpaired) electrons. The number of sulfonamides is 1. The summed E-state index contributed by atoms with van der Waals surface area (Å²) in [6.07, 6.45) is 6.52. The zero-order chi connectivity index (χ0) is 20.9. The minimum atomic E-state index is -3.77. The second kappa shape index (κ2) is 7.50. The molecule has 164 valence electrons. The van der Waals surface area contributed by atoms with E-state index in [4.69, 9.17) is 4.74 Å². The first-order valence-corrected chi connectivity index (χ1v) is 12.8. The van der Waals surface area contributed by atoms with E-state index in [2.05, 4.69) is 27.9 Å². The summed E-state index contributed by atoms with van der Waals surface area (Å²) in [6.45, 7) is 5.69. The first-order valence-electron chi connectivity index (χ1n) is 11.2. The summed E-state index contributed by atoms with van der Waals surface area (Å²) < 4.78 is 33.3. The number of amides is 2. The lowest BCUT2D eigenvalue weighted by Gasteiger charge is -2.47. The molecule has 1 unspecified atom stereocenters. The molecule has 1 aromatic carbocycles. The van der Waals surface area contributed by atoms with Gasteiger partial charge in [0.25, 0.3) is 0 Å². The number of urea groups is 1. The maximum Gasteiger partial charge on any atom is 0.332 e. The third-order valence-electron chi connectivity index (χ3n) is 7.22. The highest BCUT2D eigenvalue weighted by atomic mass is 32.2. The summed E-state index contributed by atoms with van der Waals surface area (Å²) in [5.74, 6) is -0.167. The average molecular weight is 434 g/mol. The molecule has 30 heavy (non-hydrogen) atoms. The molecule has 2 aliphatic carbocycles. The maximum absolute atomic E-state index is 12.6. The van der Waals surface area contributed by atoms with Crippen molar-refractivity contribution in [3.05, 3.63) is 28.3 Å². The normalized spacial score (nSPS) is 24.5. The van der Waals surface area contributed by atoms with E-state index in [9.17, 15) is 13.2 Å². The van der Waals surface area contributed by atoms with Crippen molar-refractivity contribution in [2.75, 3.05) is 37.3 Å². The number of anilines is 1. The molecule has 1 aromatic rings. The number of ether oxygens (including phenoxy) is 1. The Labute approximate surface area is 178 Å². The Morgan fingerprint density at radius 3 is 2.47 bits per heavy atom. The number of carbonyl (C=O) groups is 1. The first-order chi connectivity index (χ1) is 14.4. The van der Waals surface area contributed by atoms with Crippen molar-refractivity contribution in [1.82, 2.24) is 9.62 Å². The van der Waals surface area contributed by atoms with Gasteiger partial charge in [0.1, 0.15) is 0 Å². The van der Waals surface area contributed by atoms with Crippen LogP contribution in [-0.2, 0) is 40.4 Å². The third kappa shape index (κ3) is 3.74. The predicted octanol–water partition coefficient (Wildman–Crippen LogP) is 2.23. The number of rotatable bonds is 5. The molecule has 0 bridgehead atoms. The largest absolute Gasteiger partial charge is 0.376 e. The smallest absolute Gasteiger partial charge is 0.332 e. The van der Waals surface area contributed by atoms with Crippen molar-refractivity contribution < 1.29 is 17.9 Å². The molecule has 2 saturated heterocycles. The minimum Gasteiger partial charge on any atom is -0.376 e. The summed E-state index contributed by atoms with van der Waals surface area (Å²) in [6, 6.07) is 1.63. The molecule has 8 heteroatoms. The lowest BCUT2D eigenvalue weighted by molar-refractivity contribution is -0.00445. The van der Waals surface area contributed by atoms with Crippen LogP contribution in [0.25, 0.3) is 0 Å². The molecular formula is C22H31N3O4S. The van der Waals surface area contributed by atoms with Gasteiger partial charge in [-0.3, -0.25) is 0 Å². The molecule has 2 N–H and O–H groups in total. The van der Waals surface area contributed by atoms with Gasteiger partial charge in [0, 0.05) is 24.2 Å². The minimum absolute atomic E-state index is 0.101. The Morgan fingerprint density at radius 1 is 1.17 bits per heavy atom. The van der Waals surface area contributed by atoms with Gasteiger partial charge >= 0.3 is 6.03 Å². The summed E-state index contributed by atoms with van der Waals surface area (Å²) >= 11 is 0. The molecule has 4 aliphatic rings. The topological polar surface area (TPSA) is 87.7 Å². The van der Waals surface area contributed by atoms with Gasteiger partial charge in [0.15, 0.2) is 0 Å². The molecule has 2 fully saturated rings. The Balaban J connectivity index is 1.22. The Morgan fingerprint density at radius 2 is 1.83 bits per heavy atom. The predicted molar refractivity (Wildman–Crippen MR) is 115 cm³/mol. The lowest BCUT2D eigenvalue weighted by atomic mass is 9.78. The number of benzene rings is 1. The van der Waals surface area contributed by atoms with Gasteiger partial charge in [-0.25, -0.2) is 17.9 Å². The van der Waals surface area contributed by atoms with Gasteiger partial charge in [0.2, 0.25) is 10.0 Å². The van der Waals surface area contributed by atoms with E-state index in [1.807, 2.05) is 0 Å². The SMILES string of the molecule is CCN1CC2(COC(CS(=O)(=O)NC(=O)Nc3c4c(cc5c3CCC5)CCC4)C2)C1. The number of nitrogens with zero attached hydrogens (tertiary/aromatic N) is 1. The van der Waals surface area contributed by atoms with Crippen LogP contribution in [0.5, 0.6) is 0 Å². The number of hydrogen-bond acceptors (Lipinski definition) is 5. The Kier molecular flexibility index (Phi) is 5.07. The van der Waals surface area contributed by atoms with Gasteiger partial charge in [-0.2, -0.15) is 0 Å². The van der Waals surface area contributed by atoms with Crippen molar-refractivity contribution in [3.63, 3.8) is 0 Å². The summed E-state index contributed by atoms with van der Waals surface area (Å²) in [4.78, 5) is 15.0. The molecule has 0 saturated carbocycles. The highest BCUT2D eigenvalue weighted by molar-refractivity contribution is 7.90. The van der Waals surface area contributed by atoms with Crippen LogP contribution in [0.15, 0.2) is 6.07 Å². The molecule has 2 amide bonds. The van der Waals surface area contributed by atoms with Crippen LogP contribution in [0.1, 0.15) is 48.4 Å². The van der Waals surface area contributed by atoms with Crippen LogP contribution >= 0.6 is 0 Å². The summed E-state index contributed by atoms with van der Waals surface area (Å²) in [7, 11) is -3.77. The quantitative estimate of drug-likeness (QED) is 0.744. The zero-order valence-electron chi connectivity index (χ0n) is 17.6. The fourth-order valence-electron chi connectivity index (χ4n) is 5.88. The van der Waals surface area contributed by atoms with Gasteiger partial charge in [-0.05, 0) is 73.7 Å². The zero-order valence-corrected chi connectivity index (χ0v) is 18.4. The van der Waals surface area contributed by atoms with Crippen molar-refractivity contribution >= 4 is 21.7 Å². The number of aryl methyl sites for hydroxylation is 2. The molecular weight excluding hydrogens is 402 g/mol. The average Bonchev–Trinajstić information content (AvgIpc) is 3.38. The molecule has 2 aliphatic heterocycles. The van der Waals surface area contributed by atoms with Gasteiger partial charge in [-0.15, -0.1) is 0 Å². The van der Waals surface area contributed by atoms with Crippen molar-refractivity contribution in [2.24, 2.45) is 5.41 Å². The van der Waals surface area contributed by atoms with Crippen LogP contribution in [0.4, 0.5) is 10.5 Å². The number of hydrogen-bond donors (Lipinski definition) is 2. The van der Waals surface area contributed by atoms with E-state index in [1.165, 1.54) is 22.3 Å². The van der Waals surface area contributed by atoms with Gasteiger partial charge < -0.3 is 15.0 Å². The van der Waals surface area contributed by atoms with Crippen LogP contribution in [0.2, 0.25) is 0 Å². The van der Waals surface area contributed by atoms with Crippen molar-refractivity contribution in [3.8, 4) is 0 Å². The highest BCUT2D eigenvalue weighted by Gasteiger charge is 2.49. The summed E-state index contributed by atoms with van der Waals surface area (Å²) in [5, 5.41) is 2.90. The Bertz CT molecular complexity index is 937. The van der Waals surface area contributed by atoms with E-state index in [0.29, 0.717) is 6.61 Å². The van der Waals surface area contributed by atoms with Crippen LogP contribution in [-0.4, -0.2) is 57.4 Å². The highest BCUT2D eigenvalue weighted by Crippen LogP contribution is 2.41. The van der Waals surface area contributed by atoms with Crippen LogP contribution < -0.4 is 10.0 Å². The monoisotopic (exact) mass is 433 g/mol. The fraction of sp³-hybridized carbons (Fsp3) is 0.682.